The number of halogens is 2. The summed E-state index contributed by atoms with van der Waals surface area (Å²) in [7, 11) is 3.70. The van der Waals surface area contributed by atoms with Crippen LogP contribution in [0.25, 0.3) is 28.1 Å². The summed E-state index contributed by atoms with van der Waals surface area (Å²) in [5.41, 5.74) is 8.47. The molecular weight excluding hydrogens is 542 g/mol. The summed E-state index contributed by atoms with van der Waals surface area (Å²) in [6, 6.07) is 15.8. The summed E-state index contributed by atoms with van der Waals surface area (Å²) in [6.07, 6.45) is 1.46. The van der Waals surface area contributed by atoms with Crippen LogP contribution in [0.3, 0.4) is 0 Å². The van der Waals surface area contributed by atoms with Crippen LogP contribution in [0.2, 0.25) is 0 Å². The second kappa shape index (κ2) is 11.1. The minimum Gasteiger partial charge on any atom is -0.494 e. The van der Waals surface area contributed by atoms with E-state index in [-0.39, 0.29) is 28.4 Å². The number of aromatic nitrogens is 4. The van der Waals surface area contributed by atoms with E-state index in [2.05, 4.69) is 37.1 Å². The molecule has 214 valence electrons. The molecule has 2 aromatic heterocycles. The molecule has 0 unspecified atom stereocenters. The summed E-state index contributed by atoms with van der Waals surface area (Å²) >= 11 is 0. The van der Waals surface area contributed by atoms with Crippen molar-refractivity contribution in [1.29, 1.82) is 0 Å². The molecule has 3 aromatic carbocycles. The number of ether oxygens (including phenoxy) is 1. The monoisotopic (exact) mass is 570 g/mol. The molecule has 0 amide bonds. The van der Waals surface area contributed by atoms with Gasteiger partial charge in [0, 0.05) is 49.2 Å². The number of nitrogens with zero attached hydrogens (tertiary/aromatic N) is 6. The highest BCUT2D eigenvalue weighted by Crippen LogP contribution is 2.32. The largest absolute Gasteiger partial charge is 0.494 e. The molecule has 12 heteroatoms. The van der Waals surface area contributed by atoms with Crippen molar-refractivity contribution in [2.24, 2.45) is 0 Å². The Morgan fingerprint density at radius 1 is 0.929 bits per heavy atom. The Morgan fingerprint density at radius 2 is 1.74 bits per heavy atom. The lowest BCUT2D eigenvalue weighted by molar-refractivity contribution is 0.312. The van der Waals surface area contributed by atoms with E-state index in [1.165, 1.54) is 16.8 Å². The molecule has 3 N–H and O–H groups in total. The lowest BCUT2D eigenvalue weighted by Gasteiger charge is -2.34. The fraction of sp³-hybridized carbons (Fsp3) is 0.200. The van der Waals surface area contributed by atoms with Crippen LogP contribution >= 0.6 is 0 Å². The Kier molecular flexibility index (Phi) is 7.13. The van der Waals surface area contributed by atoms with Crippen LogP contribution in [0.5, 0.6) is 5.75 Å². The Morgan fingerprint density at radius 3 is 2.48 bits per heavy atom. The predicted molar refractivity (Wildman–Crippen MR) is 159 cm³/mol. The van der Waals surface area contributed by atoms with Crippen molar-refractivity contribution < 1.29 is 13.5 Å². The zero-order valence-electron chi connectivity index (χ0n) is 23.0. The number of hydrogen-bond donors (Lipinski definition) is 2. The number of anilines is 4. The quantitative estimate of drug-likeness (QED) is 0.290. The van der Waals surface area contributed by atoms with Crippen molar-refractivity contribution in [3.63, 3.8) is 0 Å². The minimum atomic E-state index is -1.09. The van der Waals surface area contributed by atoms with Crippen LogP contribution in [0, 0.1) is 11.6 Å². The maximum atomic E-state index is 14.1. The van der Waals surface area contributed by atoms with E-state index in [1.807, 2.05) is 18.2 Å². The van der Waals surface area contributed by atoms with Crippen molar-refractivity contribution in [2.75, 3.05) is 56.3 Å². The van der Waals surface area contributed by atoms with Gasteiger partial charge in [-0.1, -0.05) is 6.07 Å². The minimum absolute atomic E-state index is 0.0886. The van der Waals surface area contributed by atoms with E-state index in [4.69, 9.17) is 10.5 Å². The van der Waals surface area contributed by atoms with Crippen molar-refractivity contribution in [3.8, 4) is 22.7 Å². The fourth-order valence-corrected chi connectivity index (χ4v) is 4.94. The van der Waals surface area contributed by atoms with Crippen LogP contribution < -0.4 is 26.2 Å². The lowest BCUT2D eigenvalue weighted by atomic mass is 10.1. The summed E-state index contributed by atoms with van der Waals surface area (Å²) < 4.78 is 34.7. The Balaban J connectivity index is 1.43. The zero-order chi connectivity index (χ0) is 29.4. The number of rotatable bonds is 6. The molecule has 1 aliphatic heterocycles. The number of benzene rings is 3. The first-order valence-electron chi connectivity index (χ1n) is 13.3. The summed E-state index contributed by atoms with van der Waals surface area (Å²) in [5, 5.41) is 3.19. The normalized spacial score (nSPS) is 13.9. The predicted octanol–water partition coefficient (Wildman–Crippen LogP) is 4.21. The first-order chi connectivity index (χ1) is 20.3. The van der Waals surface area contributed by atoms with Gasteiger partial charge in [-0.2, -0.15) is 4.98 Å². The van der Waals surface area contributed by atoms with Crippen LogP contribution in [0.15, 0.2) is 71.7 Å². The van der Waals surface area contributed by atoms with Gasteiger partial charge in [0.25, 0.3) is 5.56 Å². The lowest BCUT2D eigenvalue weighted by Crippen LogP contribution is -2.44. The highest BCUT2D eigenvalue weighted by atomic mass is 19.2. The van der Waals surface area contributed by atoms with E-state index in [1.54, 1.807) is 31.4 Å². The second-order valence-electron chi connectivity index (χ2n) is 10.0. The molecule has 0 aliphatic carbocycles. The van der Waals surface area contributed by atoms with Crippen molar-refractivity contribution in [3.05, 3.63) is 88.8 Å². The van der Waals surface area contributed by atoms with Gasteiger partial charge in [0.05, 0.1) is 24.7 Å². The van der Waals surface area contributed by atoms with Gasteiger partial charge in [-0.05, 0) is 55.6 Å². The standard InChI is InChI=1S/C30H28F2N8O2/c1-38-10-12-39(13-11-38)20-7-9-24(26(16-20)42-2)36-30-34-17-25-28(37-30)40(21-5-3-4-19(33)15-21)29(41)27(35-25)18-6-8-22(31)23(32)14-18/h3-9,14-17H,10-13,33H2,1-2H3,(H,34,36,37). The molecule has 42 heavy (non-hydrogen) atoms. The Bertz CT molecular complexity index is 1850. The van der Waals surface area contributed by atoms with E-state index in [0.717, 1.165) is 44.0 Å². The van der Waals surface area contributed by atoms with Crippen molar-refractivity contribution in [1.82, 2.24) is 24.4 Å². The Hall–Kier alpha value is -5.10. The summed E-state index contributed by atoms with van der Waals surface area (Å²) in [4.78, 5) is 31.9. The van der Waals surface area contributed by atoms with E-state index in [9.17, 15) is 13.6 Å². The smallest absolute Gasteiger partial charge is 0.283 e. The second-order valence-corrected chi connectivity index (χ2v) is 10.0. The maximum absolute atomic E-state index is 14.1. The number of likely N-dealkylation sites (N-methyl/N-ethyl adjacent to an activating group) is 1. The van der Waals surface area contributed by atoms with Crippen molar-refractivity contribution >= 4 is 34.2 Å². The molecule has 6 rings (SSSR count). The molecule has 10 nitrogen and oxygen atoms in total. The van der Waals surface area contributed by atoms with Gasteiger partial charge in [0.15, 0.2) is 17.3 Å². The van der Waals surface area contributed by atoms with Gasteiger partial charge in [-0.25, -0.2) is 18.7 Å². The molecule has 0 atom stereocenters. The number of nitrogen functional groups attached to an aromatic ring is 1. The van der Waals surface area contributed by atoms with Crippen LogP contribution in [-0.4, -0.2) is 64.8 Å². The molecule has 0 radical (unpaired) electrons. The SMILES string of the molecule is COc1cc(N2CCN(C)CC2)ccc1Nc1ncc2nc(-c3ccc(F)c(F)c3)c(=O)n(-c3cccc(N)c3)c2n1. The first-order valence-corrected chi connectivity index (χ1v) is 13.3. The fourth-order valence-electron chi connectivity index (χ4n) is 4.94. The zero-order valence-corrected chi connectivity index (χ0v) is 23.0. The van der Waals surface area contributed by atoms with Gasteiger partial charge >= 0.3 is 0 Å². The number of hydrogen-bond acceptors (Lipinski definition) is 9. The highest BCUT2D eigenvalue weighted by Gasteiger charge is 2.19. The third-order valence-electron chi connectivity index (χ3n) is 7.22. The number of methoxy groups -OCH3 is 1. The number of piperazine rings is 1. The van der Waals surface area contributed by atoms with Crippen LogP contribution in [0.1, 0.15) is 0 Å². The maximum Gasteiger partial charge on any atom is 0.283 e. The van der Waals surface area contributed by atoms with E-state index in [0.29, 0.717) is 22.8 Å². The Labute approximate surface area is 240 Å². The van der Waals surface area contributed by atoms with Crippen molar-refractivity contribution in [2.45, 2.75) is 0 Å². The number of nitrogens with two attached hydrogens (primary N) is 1. The highest BCUT2D eigenvalue weighted by molar-refractivity contribution is 5.78. The molecule has 1 fully saturated rings. The molecule has 3 heterocycles. The number of nitrogens with one attached hydrogen (secondary N) is 1. The first kappa shape index (κ1) is 27.1. The topological polar surface area (TPSA) is 114 Å². The average molecular weight is 571 g/mol. The molecule has 0 saturated carbocycles. The molecule has 1 aliphatic rings. The van der Waals surface area contributed by atoms with E-state index < -0.39 is 17.2 Å². The summed E-state index contributed by atoms with van der Waals surface area (Å²) in [5.74, 6) is -1.31. The van der Waals surface area contributed by atoms with Gasteiger partial charge < -0.3 is 25.6 Å². The third-order valence-corrected chi connectivity index (χ3v) is 7.22. The van der Waals surface area contributed by atoms with Gasteiger partial charge in [0.1, 0.15) is 17.0 Å². The molecular formula is C30H28F2N8O2. The van der Waals surface area contributed by atoms with Gasteiger partial charge in [-0.3, -0.25) is 9.36 Å². The third kappa shape index (κ3) is 5.19. The number of fused-ring (bicyclic) bond motifs is 1. The molecule has 0 spiro atoms. The van der Waals surface area contributed by atoms with E-state index >= 15 is 0 Å². The molecule has 1 saturated heterocycles. The molecule has 5 aromatic rings. The van der Waals surface area contributed by atoms with Crippen LogP contribution in [-0.2, 0) is 0 Å². The summed E-state index contributed by atoms with van der Waals surface area (Å²) in [6.45, 7) is 3.80. The average Bonchev–Trinajstić information content (AvgIpc) is 2.99. The molecule has 0 bridgehead atoms. The van der Waals surface area contributed by atoms with Gasteiger partial charge in [-0.15, -0.1) is 0 Å². The van der Waals surface area contributed by atoms with Crippen LogP contribution in [0.4, 0.5) is 31.8 Å². The van der Waals surface area contributed by atoms with Gasteiger partial charge in [0.2, 0.25) is 5.95 Å².